The van der Waals surface area contributed by atoms with Gasteiger partial charge in [-0.1, -0.05) is 0 Å². The first-order chi connectivity index (χ1) is 9.81. The molecule has 0 atom stereocenters. The maximum atomic E-state index is 5.69. The smallest absolute Gasteiger partial charge is 0.163 e. The number of rotatable bonds is 1. The summed E-state index contributed by atoms with van der Waals surface area (Å²) in [5, 5.41) is 6.94. The number of hydrogen-bond acceptors (Lipinski definition) is 4. The molecule has 20 heavy (non-hydrogen) atoms. The van der Waals surface area contributed by atoms with E-state index >= 15 is 0 Å². The molecule has 6 heteroatoms. The van der Waals surface area contributed by atoms with E-state index < -0.39 is 0 Å². The Morgan fingerprint density at radius 1 is 1.15 bits per heavy atom. The summed E-state index contributed by atoms with van der Waals surface area (Å²) in [7, 11) is 0. The molecule has 102 valence electrons. The van der Waals surface area contributed by atoms with Gasteiger partial charge < -0.3 is 14.5 Å². The maximum Gasteiger partial charge on any atom is 0.163 e. The van der Waals surface area contributed by atoms with Crippen molar-refractivity contribution in [3.63, 3.8) is 0 Å². The number of benzene rings is 1. The lowest BCUT2D eigenvalue weighted by Gasteiger charge is -2.05. The second-order valence-corrected chi connectivity index (χ2v) is 4.86. The Bertz CT molecular complexity index is 732. The van der Waals surface area contributed by atoms with Crippen molar-refractivity contribution in [3.8, 4) is 22.9 Å². The van der Waals surface area contributed by atoms with Crippen LogP contribution in [-0.2, 0) is 0 Å². The molecule has 2 aromatic heterocycles. The van der Waals surface area contributed by atoms with Crippen molar-refractivity contribution in [2.45, 2.75) is 13.3 Å². The number of aromatic amines is 2. The van der Waals surface area contributed by atoms with Crippen LogP contribution in [0.15, 0.2) is 18.3 Å². The fraction of sp³-hybridized carbons (Fsp3) is 0.286. The Morgan fingerprint density at radius 2 is 1.95 bits per heavy atom. The molecule has 0 saturated heterocycles. The average Bonchev–Trinajstić information content (AvgIpc) is 2.96. The third kappa shape index (κ3) is 1.72. The van der Waals surface area contributed by atoms with E-state index in [9.17, 15) is 0 Å². The van der Waals surface area contributed by atoms with Crippen molar-refractivity contribution < 1.29 is 9.47 Å². The zero-order valence-corrected chi connectivity index (χ0v) is 11.1. The quantitative estimate of drug-likeness (QED) is 0.712. The van der Waals surface area contributed by atoms with E-state index in [4.69, 9.17) is 9.47 Å². The topological polar surface area (TPSA) is 75.8 Å². The highest BCUT2D eigenvalue weighted by molar-refractivity contribution is 5.83. The van der Waals surface area contributed by atoms with Crippen LogP contribution in [0.3, 0.4) is 0 Å². The number of nitrogens with zero attached hydrogens (tertiary/aromatic N) is 2. The normalized spacial score (nSPS) is 14.4. The van der Waals surface area contributed by atoms with Crippen LogP contribution in [0.1, 0.15) is 12.1 Å². The first kappa shape index (κ1) is 11.3. The molecule has 0 amide bonds. The first-order valence-electron chi connectivity index (χ1n) is 6.61. The maximum absolute atomic E-state index is 5.69. The molecule has 1 aromatic carbocycles. The minimum atomic E-state index is 0.677. The Morgan fingerprint density at radius 3 is 2.70 bits per heavy atom. The van der Waals surface area contributed by atoms with Crippen molar-refractivity contribution in [2.75, 3.05) is 13.2 Å². The van der Waals surface area contributed by atoms with E-state index in [-0.39, 0.29) is 0 Å². The first-order valence-corrected chi connectivity index (χ1v) is 6.61. The van der Waals surface area contributed by atoms with E-state index in [1.807, 2.05) is 19.1 Å². The van der Waals surface area contributed by atoms with E-state index in [0.29, 0.717) is 13.2 Å². The standard InChI is InChI=1S/C14H14N4O2/c1-8-9(7-15-18-8)14-16-10-5-12-13(6-11(10)17-14)20-4-2-3-19-12/h5-7H,2-4H2,1H3,(H,15,18)(H,16,17). The largest absolute Gasteiger partial charge is 0.489 e. The van der Waals surface area contributed by atoms with Crippen LogP contribution < -0.4 is 9.47 Å². The molecule has 0 fully saturated rings. The molecule has 3 aromatic rings. The summed E-state index contributed by atoms with van der Waals surface area (Å²) in [6.45, 7) is 3.33. The molecule has 4 rings (SSSR count). The van der Waals surface area contributed by atoms with Gasteiger partial charge in [-0.25, -0.2) is 4.98 Å². The summed E-state index contributed by atoms with van der Waals surface area (Å²) in [4.78, 5) is 7.91. The lowest BCUT2D eigenvalue weighted by atomic mass is 10.2. The molecule has 0 radical (unpaired) electrons. The lowest BCUT2D eigenvalue weighted by molar-refractivity contribution is 0.297. The zero-order valence-electron chi connectivity index (χ0n) is 11.1. The summed E-state index contributed by atoms with van der Waals surface area (Å²) >= 11 is 0. The van der Waals surface area contributed by atoms with Gasteiger partial charge in [0.25, 0.3) is 0 Å². The van der Waals surface area contributed by atoms with Gasteiger partial charge in [-0.05, 0) is 6.92 Å². The summed E-state index contributed by atoms with van der Waals surface area (Å²) < 4.78 is 11.4. The second kappa shape index (κ2) is 4.26. The van der Waals surface area contributed by atoms with Crippen LogP contribution in [-0.4, -0.2) is 33.4 Å². The van der Waals surface area contributed by atoms with Crippen LogP contribution in [0.5, 0.6) is 11.5 Å². The number of aryl methyl sites for hydroxylation is 1. The van der Waals surface area contributed by atoms with E-state index in [0.717, 1.165) is 46.0 Å². The Balaban J connectivity index is 1.86. The number of aromatic nitrogens is 4. The van der Waals surface area contributed by atoms with Crippen molar-refractivity contribution in [3.05, 3.63) is 24.0 Å². The summed E-state index contributed by atoms with van der Waals surface area (Å²) in [6, 6.07) is 3.87. The Hall–Kier alpha value is -2.50. The van der Waals surface area contributed by atoms with Crippen LogP contribution in [0.25, 0.3) is 22.4 Å². The molecule has 0 saturated carbocycles. The summed E-state index contributed by atoms with van der Waals surface area (Å²) in [5.41, 5.74) is 3.76. The van der Waals surface area contributed by atoms with Gasteiger partial charge in [0.15, 0.2) is 11.5 Å². The number of imidazole rings is 1. The number of ether oxygens (including phenoxy) is 2. The highest BCUT2D eigenvalue weighted by atomic mass is 16.5. The molecular weight excluding hydrogens is 256 g/mol. The predicted octanol–water partition coefficient (Wildman–Crippen LogP) is 2.42. The SMILES string of the molecule is Cc1[nH]ncc1-c1nc2cc3c(cc2[nH]1)OCCCO3. The average molecular weight is 270 g/mol. The highest BCUT2D eigenvalue weighted by Gasteiger charge is 2.15. The van der Waals surface area contributed by atoms with E-state index in [1.165, 1.54) is 0 Å². The van der Waals surface area contributed by atoms with Gasteiger partial charge in [0.05, 0.1) is 36.0 Å². The fourth-order valence-corrected chi connectivity index (χ4v) is 2.38. The van der Waals surface area contributed by atoms with Gasteiger partial charge in [0.1, 0.15) is 5.82 Å². The summed E-state index contributed by atoms with van der Waals surface area (Å²) in [6.07, 6.45) is 2.67. The molecule has 0 bridgehead atoms. The van der Waals surface area contributed by atoms with Crippen molar-refractivity contribution >= 4 is 11.0 Å². The predicted molar refractivity (Wildman–Crippen MR) is 74.0 cm³/mol. The van der Waals surface area contributed by atoms with Crippen LogP contribution >= 0.6 is 0 Å². The highest BCUT2D eigenvalue weighted by Crippen LogP contribution is 2.34. The van der Waals surface area contributed by atoms with E-state index in [2.05, 4.69) is 20.2 Å². The summed E-state index contributed by atoms with van der Waals surface area (Å²) in [5.74, 6) is 2.33. The number of H-pyrrole nitrogens is 2. The molecule has 2 N–H and O–H groups in total. The fourth-order valence-electron chi connectivity index (χ4n) is 2.38. The van der Waals surface area contributed by atoms with Crippen LogP contribution in [0.4, 0.5) is 0 Å². The van der Waals surface area contributed by atoms with Gasteiger partial charge in [0.2, 0.25) is 0 Å². The van der Waals surface area contributed by atoms with Gasteiger partial charge in [-0.2, -0.15) is 5.10 Å². The molecule has 3 heterocycles. The minimum Gasteiger partial charge on any atom is -0.489 e. The second-order valence-electron chi connectivity index (χ2n) is 4.86. The number of nitrogens with one attached hydrogen (secondary N) is 2. The van der Waals surface area contributed by atoms with Crippen molar-refractivity contribution in [2.24, 2.45) is 0 Å². The van der Waals surface area contributed by atoms with Gasteiger partial charge in [-0.15, -0.1) is 0 Å². The molecule has 6 nitrogen and oxygen atoms in total. The molecular formula is C14H14N4O2. The Labute approximate surface area is 115 Å². The minimum absolute atomic E-state index is 0.677. The zero-order chi connectivity index (χ0) is 13.5. The molecule has 0 unspecified atom stereocenters. The van der Waals surface area contributed by atoms with Crippen LogP contribution in [0, 0.1) is 6.92 Å². The molecule has 0 spiro atoms. The molecule has 1 aliphatic heterocycles. The number of fused-ring (bicyclic) bond motifs is 2. The molecule has 1 aliphatic rings. The van der Waals surface area contributed by atoms with Gasteiger partial charge in [0, 0.05) is 24.2 Å². The third-order valence-corrected chi connectivity index (χ3v) is 3.44. The van der Waals surface area contributed by atoms with Gasteiger partial charge in [-0.3, -0.25) is 5.10 Å². The van der Waals surface area contributed by atoms with Crippen molar-refractivity contribution in [1.29, 1.82) is 0 Å². The third-order valence-electron chi connectivity index (χ3n) is 3.44. The van der Waals surface area contributed by atoms with Crippen LogP contribution in [0.2, 0.25) is 0 Å². The Kier molecular flexibility index (Phi) is 2.42. The van der Waals surface area contributed by atoms with Gasteiger partial charge >= 0.3 is 0 Å². The van der Waals surface area contributed by atoms with E-state index in [1.54, 1.807) is 6.20 Å². The molecule has 0 aliphatic carbocycles. The number of hydrogen-bond donors (Lipinski definition) is 2. The lowest BCUT2D eigenvalue weighted by Crippen LogP contribution is -1.97. The van der Waals surface area contributed by atoms with Crippen molar-refractivity contribution in [1.82, 2.24) is 20.2 Å². The monoisotopic (exact) mass is 270 g/mol.